The maximum Gasteiger partial charge on any atom is 0.115 e. The molecule has 3 N–H and O–H groups in total. The number of aromatic hydroxyl groups is 1. The van der Waals surface area contributed by atoms with Crippen LogP contribution in [0.2, 0.25) is 0 Å². The van der Waals surface area contributed by atoms with Gasteiger partial charge in [0.25, 0.3) is 0 Å². The third kappa shape index (κ3) is 4.69. The van der Waals surface area contributed by atoms with Crippen LogP contribution < -0.4 is 10.6 Å². The maximum atomic E-state index is 9.31. The van der Waals surface area contributed by atoms with Gasteiger partial charge in [0.2, 0.25) is 0 Å². The first-order valence-electron chi connectivity index (χ1n) is 7.87. The molecular weight excluding hydrogens is 272 g/mol. The highest BCUT2D eigenvalue weighted by Crippen LogP contribution is 2.25. The van der Waals surface area contributed by atoms with Gasteiger partial charge in [-0.05, 0) is 74.2 Å². The van der Waals surface area contributed by atoms with E-state index in [0.29, 0.717) is 12.0 Å². The van der Waals surface area contributed by atoms with Gasteiger partial charge >= 0.3 is 0 Å². The summed E-state index contributed by atoms with van der Waals surface area (Å²) in [6, 6.07) is 13.9. The average molecular weight is 298 g/mol. The Balaban J connectivity index is 2.04. The predicted molar refractivity (Wildman–Crippen MR) is 95.1 cm³/mol. The topological polar surface area (TPSA) is 44.3 Å². The van der Waals surface area contributed by atoms with E-state index in [-0.39, 0.29) is 5.75 Å². The molecule has 3 heteroatoms. The van der Waals surface area contributed by atoms with Crippen molar-refractivity contribution in [2.75, 3.05) is 10.6 Å². The van der Waals surface area contributed by atoms with Crippen LogP contribution in [0.25, 0.3) is 0 Å². The van der Waals surface area contributed by atoms with Crippen LogP contribution in [0.5, 0.6) is 5.75 Å². The zero-order valence-corrected chi connectivity index (χ0v) is 13.9. The van der Waals surface area contributed by atoms with Crippen molar-refractivity contribution in [1.29, 1.82) is 0 Å². The van der Waals surface area contributed by atoms with E-state index in [4.69, 9.17) is 0 Å². The lowest BCUT2D eigenvalue weighted by molar-refractivity contribution is 0.475. The fourth-order valence-electron chi connectivity index (χ4n) is 2.65. The molecule has 3 nitrogen and oxygen atoms in total. The number of benzene rings is 2. The summed E-state index contributed by atoms with van der Waals surface area (Å²) in [6.07, 6.45) is 1.16. The van der Waals surface area contributed by atoms with Crippen LogP contribution in [-0.4, -0.2) is 11.1 Å². The third-order valence-electron chi connectivity index (χ3n) is 3.61. The highest BCUT2D eigenvalue weighted by Gasteiger charge is 2.07. The zero-order valence-electron chi connectivity index (χ0n) is 13.9. The second-order valence-electron chi connectivity index (χ2n) is 6.38. The van der Waals surface area contributed by atoms with Gasteiger partial charge in [-0.2, -0.15) is 0 Å². The van der Waals surface area contributed by atoms with E-state index in [2.05, 4.69) is 56.5 Å². The molecule has 0 aliphatic heterocycles. The monoisotopic (exact) mass is 298 g/mol. The van der Waals surface area contributed by atoms with Crippen molar-refractivity contribution >= 4 is 17.1 Å². The first-order valence-corrected chi connectivity index (χ1v) is 7.87. The fourth-order valence-corrected chi connectivity index (χ4v) is 2.65. The van der Waals surface area contributed by atoms with E-state index in [0.717, 1.165) is 17.8 Å². The van der Waals surface area contributed by atoms with Crippen LogP contribution in [0.4, 0.5) is 17.1 Å². The molecule has 0 bridgehead atoms. The normalized spacial score (nSPS) is 12.2. The highest BCUT2D eigenvalue weighted by atomic mass is 16.3. The minimum atomic E-state index is 0.278. The number of nitrogens with one attached hydrogen (secondary N) is 2. The molecule has 22 heavy (non-hydrogen) atoms. The van der Waals surface area contributed by atoms with Gasteiger partial charge in [-0.3, -0.25) is 0 Å². The molecule has 0 saturated heterocycles. The minimum absolute atomic E-state index is 0.278. The first kappa shape index (κ1) is 16.2. The van der Waals surface area contributed by atoms with Gasteiger partial charge in [0.05, 0.1) is 0 Å². The first-order chi connectivity index (χ1) is 10.4. The summed E-state index contributed by atoms with van der Waals surface area (Å²) in [5.74, 6) is 0.971. The molecule has 0 fully saturated rings. The van der Waals surface area contributed by atoms with Crippen LogP contribution in [-0.2, 0) is 0 Å². The molecule has 0 saturated carbocycles. The molecule has 0 heterocycles. The van der Waals surface area contributed by atoms with Crippen LogP contribution in [0, 0.1) is 12.8 Å². The smallest absolute Gasteiger partial charge is 0.115 e. The molecular formula is C19H26N2O. The number of rotatable bonds is 6. The molecule has 0 amide bonds. The number of anilines is 3. The molecule has 0 radical (unpaired) electrons. The van der Waals surface area contributed by atoms with E-state index < -0.39 is 0 Å². The Morgan fingerprint density at radius 2 is 1.59 bits per heavy atom. The Kier molecular flexibility index (Phi) is 5.31. The second kappa shape index (κ2) is 7.21. The van der Waals surface area contributed by atoms with Crippen LogP contribution in [0.1, 0.15) is 32.8 Å². The lowest BCUT2D eigenvalue weighted by Gasteiger charge is -2.19. The largest absolute Gasteiger partial charge is 0.508 e. The van der Waals surface area contributed by atoms with Gasteiger partial charge in [-0.15, -0.1) is 0 Å². The van der Waals surface area contributed by atoms with Crippen LogP contribution in [0.15, 0.2) is 42.5 Å². The van der Waals surface area contributed by atoms with Gasteiger partial charge in [0.1, 0.15) is 5.75 Å². The molecule has 118 valence electrons. The number of phenolic OH excluding ortho intramolecular Hbond substituents is 1. The third-order valence-corrected chi connectivity index (χ3v) is 3.61. The molecule has 0 aromatic heterocycles. The van der Waals surface area contributed by atoms with Crippen molar-refractivity contribution < 1.29 is 5.11 Å². The summed E-state index contributed by atoms with van der Waals surface area (Å²) >= 11 is 0. The number of hydrogen-bond acceptors (Lipinski definition) is 3. The summed E-state index contributed by atoms with van der Waals surface area (Å²) in [5, 5.41) is 16.2. The molecule has 0 aliphatic carbocycles. The highest BCUT2D eigenvalue weighted by molar-refractivity contribution is 5.65. The molecule has 1 unspecified atom stereocenters. The van der Waals surface area contributed by atoms with Gasteiger partial charge in [-0.25, -0.2) is 0 Å². The SMILES string of the molecule is Cc1cc(Nc2ccc(O)cc2)ccc1NC(C)CC(C)C. The van der Waals surface area contributed by atoms with Crippen molar-refractivity contribution in [3.05, 3.63) is 48.0 Å². The zero-order chi connectivity index (χ0) is 16.1. The number of aryl methyl sites for hydroxylation is 1. The van der Waals surface area contributed by atoms with Gasteiger partial charge < -0.3 is 15.7 Å². The van der Waals surface area contributed by atoms with Gasteiger partial charge in [0, 0.05) is 23.1 Å². The van der Waals surface area contributed by atoms with Gasteiger partial charge in [-0.1, -0.05) is 13.8 Å². The van der Waals surface area contributed by atoms with E-state index in [9.17, 15) is 5.11 Å². The Hall–Kier alpha value is -2.16. The Morgan fingerprint density at radius 1 is 0.955 bits per heavy atom. The number of hydrogen-bond donors (Lipinski definition) is 3. The van der Waals surface area contributed by atoms with E-state index in [1.807, 2.05) is 12.1 Å². The molecule has 2 rings (SSSR count). The summed E-state index contributed by atoms with van der Waals surface area (Å²) < 4.78 is 0. The van der Waals surface area contributed by atoms with Crippen molar-refractivity contribution in [1.82, 2.24) is 0 Å². The lowest BCUT2D eigenvalue weighted by atomic mass is 10.0. The van der Waals surface area contributed by atoms with Gasteiger partial charge in [0.15, 0.2) is 0 Å². The van der Waals surface area contributed by atoms with Crippen molar-refractivity contribution in [3.8, 4) is 5.75 Å². The predicted octanol–water partition coefficient (Wildman–Crippen LogP) is 5.29. The maximum absolute atomic E-state index is 9.31. The van der Waals surface area contributed by atoms with E-state index >= 15 is 0 Å². The van der Waals surface area contributed by atoms with Crippen molar-refractivity contribution in [2.45, 2.75) is 40.2 Å². The molecule has 0 aliphatic rings. The van der Waals surface area contributed by atoms with E-state index in [1.54, 1.807) is 12.1 Å². The van der Waals surface area contributed by atoms with Crippen molar-refractivity contribution in [3.63, 3.8) is 0 Å². The average Bonchev–Trinajstić information content (AvgIpc) is 2.43. The summed E-state index contributed by atoms with van der Waals surface area (Å²) in [6.45, 7) is 8.83. The molecule has 2 aromatic carbocycles. The number of phenols is 1. The Labute approximate surface area is 133 Å². The second-order valence-corrected chi connectivity index (χ2v) is 6.38. The fraction of sp³-hybridized carbons (Fsp3) is 0.368. The lowest BCUT2D eigenvalue weighted by Crippen LogP contribution is -2.18. The standard InChI is InChI=1S/C19H26N2O/c1-13(2)11-15(4)20-19-10-7-17(12-14(19)3)21-16-5-8-18(22)9-6-16/h5-10,12-13,15,20-22H,11H2,1-4H3. The molecule has 0 spiro atoms. The quantitative estimate of drug-likeness (QED) is 0.635. The van der Waals surface area contributed by atoms with Crippen molar-refractivity contribution in [2.24, 2.45) is 5.92 Å². The summed E-state index contributed by atoms with van der Waals surface area (Å²) in [4.78, 5) is 0. The van der Waals surface area contributed by atoms with E-state index in [1.165, 1.54) is 11.3 Å². The van der Waals surface area contributed by atoms with Crippen LogP contribution in [0.3, 0.4) is 0 Å². The molecule has 2 aromatic rings. The minimum Gasteiger partial charge on any atom is -0.508 e. The molecule has 1 atom stereocenters. The van der Waals surface area contributed by atoms with Crippen LogP contribution >= 0.6 is 0 Å². The Morgan fingerprint density at radius 3 is 2.18 bits per heavy atom. The summed E-state index contributed by atoms with van der Waals surface area (Å²) in [7, 11) is 0. The summed E-state index contributed by atoms with van der Waals surface area (Å²) in [5.41, 5.74) is 4.42. The Bertz CT molecular complexity index is 605.